The van der Waals surface area contributed by atoms with E-state index in [4.69, 9.17) is 23.2 Å². The van der Waals surface area contributed by atoms with Crippen LogP contribution in [0.3, 0.4) is 0 Å². The number of benzene rings is 1. The largest absolute Gasteiger partial charge is 0.349 e. The summed E-state index contributed by atoms with van der Waals surface area (Å²) in [6.45, 7) is 0. The molecule has 0 radical (unpaired) electrons. The first-order valence-corrected chi connectivity index (χ1v) is 8.72. The second kappa shape index (κ2) is 7.81. The molecular formula is C17H18Cl2N4O. The Bertz CT molecular complexity index is 715. The molecule has 0 atom stereocenters. The fourth-order valence-corrected chi connectivity index (χ4v) is 3.08. The Hall–Kier alpha value is -1.85. The third-order valence-corrected chi connectivity index (χ3v) is 4.59. The summed E-state index contributed by atoms with van der Waals surface area (Å²) in [6, 6.07) is 5.35. The van der Waals surface area contributed by atoms with Crippen molar-refractivity contribution in [3.8, 4) is 0 Å². The molecule has 1 fully saturated rings. The van der Waals surface area contributed by atoms with Gasteiger partial charge in [-0.1, -0.05) is 42.5 Å². The molecule has 126 valence electrons. The number of nitrogens with zero attached hydrogens (tertiary/aromatic N) is 2. The number of aromatic nitrogens is 2. The molecule has 1 aliphatic rings. The van der Waals surface area contributed by atoms with E-state index in [1.165, 1.54) is 31.7 Å². The van der Waals surface area contributed by atoms with Gasteiger partial charge in [0.1, 0.15) is 0 Å². The maximum atomic E-state index is 12.2. The zero-order chi connectivity index (χ0) is 16.9. The molecule has 3 rings (SSSR count). The monoisotopic (exact) mass is 364 g/mol. The highest BCUT2D eigenvalue weighted by molar-refractivity contribution is 6.35. The number of halogens is 2. The lowest BCUT2D eigenvalue weighted by molar-refractivity contribution is 0.0927. The summed E-state index contributed by atoms with van der Waals surface area (Å²) in [5.41, 5.74) is 1.06. The number of carbonyl (C=O) groups excluding carboxylic acids is 1. The van der Waals surface area contributed by atoms with Gasteiger partial charge in [-0.05, 0) is 31.0 Å². The first-order valence-electron chi connectivity index (χ1n) is 7.97. The van der Waals surface area contributed by atoms with Crippen LogP contribution in [-0.4, -0.2) is 21.9 Å². The van der Waals surface area contributed by atoms with Gasteiger partial charge in [-0.3, -0.25) is 4.79 Å². The second-order valence-corrected chi connectivity index (χ2v) is 6.70. The molecule has 2 aromatic rings. The van der Waals surface area contributed by atoms with Gasteiger partial charge < -0.3 is 10.6 Å². The molecule has 1 aromatic carbocycles. The third kappa shape index (κ3) is 4.36. The van der Waals surface area contributed by atoms with Crippen LogP contribution in [0.2, 0.25) is 10.0 Å². The highest BCUT2D eigenvalue weighted by Gasteiger charge is 2.17. The number of nitrogens with one attached hydrogen (secondary N) is 2. The van der Waals surface area contributed by atoms with E-state index < -0.39 is 0 Å². The lowest BCUT2D eigenvalue weighted by atomic mass is 9.95. The van der Waals surface area contributed by atoms with Crippen LogP contribution >= 0.6 is 23.2 Å². The molecule has 1 aliphatic carbocycles. The summed E-state index contributed by atoms with van der Waals surface area (Å²) >= 11 is 12.0. The number of hydrogen-bond acceptors (Lipinski definition) is 4. The van der Waals surface area contributed by atoms with E-state index in [9.17, 15) is 4.79 Å². The topological polar surface area (TPSA) is 66.9 Å². The van der Waals surface area contributed by atoms with Crippen LogP contribution in [0.1, 0.15) is 42.5 Å². The van der Waals surface area contributed by atoms with Crippen molar-refractivity contribution in [1.29, 1.82) is 0 Å². The summed E-state index contributed by atoms with van der Waals surface area (Å²) < 4.78 is 0. The Balaban J connectivity index is 1.64. The minimum Gasteiger partial charge on any atom is -0.349 e. The Kier molecular flexibility index (Phi) is 5.53. The number of anilines is 2. The van der Waals surface area contributed by atoms with Crippen LogP contribution in [0.25, 0.3) is 0 Å². The quantitative estimate of drug-likeness (QED) is 0.832. The zero-order valence-corrected chi connectivity index (χ0v) is 14.6. The van der Waals surface area contributed by atoms with E-state index in [2.05, 4.69) is 20.6 Å². The Morgan fingerprint density at radius 2 is 1.79 bits per heavy atom. The molecule has 24 heavy (non-hydrogen) atoms. The van der Waals surface area contributed by atoms with E-state index in [1.807, 2.05) is 0 Å². The lowest BCUT2D eigenvalue weighted by Crippen LogP contribution is -2.36. The fourth-order valence-electron chi connectivity index (χ4n) is 2.74. The van der Waals surface area contributed by atoms with E-state index in [0.717, 1.165) is 12.8 Å². The Morgan fingerprint density at radius 1 is 1.08 bits per heavy atom. The summed E-state index contributed by atoms with van der Waals surface area (Å²) in [6.07, 6.45) is 8.69. The molecule has 0 unspecified atom stereocenters. The van der Waals surface area contributed by atoms with Crippen molar-refractivity contribution in [3.05, 3.63) is 46.2 Å². The molecule has 0 aliphatic heterocycles. The average Bonchev–Trinajstić information content (AvgIpc) is 2.60. The normalized spacial score (nSPS) is 15.1. The average molecular weight is 365 g/mol. The predicted octanol–water partition coefficient (Wildman–Crippen LogP) is 4.59. The Morgan fingerprint density at radius 3 is 2.50 bits per heavy atom. The van der Waals surface area contributed by atoms with Gasteiger partial charge in [0, 0.05) is 23.5 Å². The van der Waals surface area contributed by atoms with Crippen molar-refractivity contribution < 1.29 is 4.79 Å². The van der Waals surface area contributed by atoms with Crippen molar-refractivity contribution in [1.82, 2.24) is 15.3 Å². The van der Waals surface area contributed by atoms with Gasteiger partial charge in [0.05, 0.1) is 16.3 Å². The molecule has 0 saturated heterocycles. The lowest BCUT2D eigenvalue weighted by Gasteiger charge is -2.22. The highest BCUT2D eigenvalue weighted by atomic mass is 35.5. The molecule has 7 heteroatoms. The van der Waals surface area contributed by atoms with Gasteiger partial charge in [-0.15, -0.1) is 0 Å². The summed E-state index contributed by atoms with van der Waals surface area (Å²) in [5, 5.41) is 7.11. The van der Waals surface area contributed by atoms with E-state index in [1.54, 1.807) is 18.2 Å². The minimum atomic E-state index is -0.130. The smallest absolute Gasteiger partial charge is 0.254 e. The number of amides is 1. The molecule has 1 amide bonds. The molecule has 0 spiro atoms. The van der Waals surface area contributed by atoms with Crippen molar-refractivity contribution in [2.75, 3.05) is 5.32 Å². The van der Waals surface area contributed by atoms with Gasteiger partial charge in [-0.25, -0.2) is 9.97 Å². The van der Waals surface area contributed by atoms with Crippen LogP contribution in [0.15, 0.2) is 30.6 Å². The van der Waals surface area contributed by atoms with Crippen LogP contribution in [0.5, 0.6) is 0 Å². The third-order valence-electron chi connectivity index (χ3n) is 4.03. The summed E-state index contributed by atoms with van der Waals surface area (Å²) in [5.74, 6) is 0.225. The van der Waals surface area contributed by atoms with Crippen LogP contribution in [0, 0.1) is 0 Å². The number of rotatable bonds is 4. The molecule has 1 saturated carbocycles. The van der Waals surface area contributed by atoms with Gasteiger partial charge in [0.2, 0.25) is 5.95 Å². The maximum Gasteiger partial charge on any atom is 0.254 e. The molecule has 1 aromatic heterocycles. The van der Waals surface area contributed by atoms with Gasteiger partial charge in [-0.2, -0.15) is 0 Å². The maximum absolute atomic E-state index is 12.2. The summed E-state index contributed by atoms with van der Waals surface area (Å²) in [7, 11) is 0. The molecule has 1 heterocycles. The minimum absolute atomic E-state index is 0.130. The predicted molar refractivity (Wildman–Crippen MR) is 96.1 cm³/mol. The fraction of sp³-hybridized carbons (Fsp3) is 0.353. The van der Waals surface area contributed by atoms with Crippen molar-refractivity contribution >= 4 is 40.7 Å². The second-order valence-electron chi connectivity index (χ2n) is 5.85. The zero-order valence-electron chi connectivity index (χ0n) is 13.1. The van der Waals surface area contributed by atoms with Gasteiger partial charge in [0.15, 0.2) is 0 Å². The first kappa shape index (κ1) is 17.0. The van der Waals surface area contributed by atoms with Crippen LogP contribution in [-0.2, 0) is 0 Å². The summed E-state index contributed by atoms with van der Waals surface area (Å²) in [4.78, 5) is 20.6. The number of carbonyl (C=O) groups is 1. The number of hydrogen-bond donors (Lipinski definition) is 2. The standard InChI is InChI=1S/C17H18Cl2N4O/c18-12-6-7-14(19)15(8-12)23-17-20-9-11(10-21-17)16(24)22-13-4-2-1-3-5-13/h6-10,13H,1-5H2,(H,22,24)(H,20,21,23). The van der Waals surface area contributed by atoms with Crippen molar-refractivity contribution in [2.45, 2.75) is 38.1 Å². The van der Waals surface area contributed by atoms with E-state index >= 15 is 0 Å². The first-order chi connectivity index (χ1) is 11.6. The molecule has 2 N–H and O–H groups in total. The van der Waals surface area contributed by atoms with Crippen LogP contribution < -0.4 is 10.6 Å². The van der Waals surface area contributed by atoms with Crippen molar-refractivity contribution in [2.24, 2.45) is 0 Å². The van der Waals surface area contributed by atoms with Crippen molar-refractivity contribution in [3.63, 3.8) is 0 Å². The van der Waals surface area contributed by atoms with E-state index in [0.29, 0.717) is 27.2 Å². The molecule has 0 bridgehead atoms. The van der Waals surface area contributed by atoms with E-state index in [-0.39, 0.29) is 11.9 Å². The molecular weight excluding hydrogens is 347 g/mol. The highest BCUT2D eigenvalue weighted by Crippen LogP contribution is 2.27. The molecule has 5 nitrogen and oxygen atoms in total. The SMILES string of the molecule is O=C(NC1CCCCC1)c1cnc(Nc2cc(Cl)ccc2Cl)nc1. The van der Waals surface area contributed by atoms with Gasteiger partial charge in [0.25, 0.3) is 5.91 Å². The van der Waals surface area contributed by atoms with Crippen LogP contribution in [0.4, 0.5) is 11.6 Å². The Labute approximate surface area is 150 Å². The van der Waals surface area contributed by atoms with Gasteiger partial charge >= 0.3 is 0 Å².